The lowest BCUT2D eigenvalue weighted by molar-refractivity contribution is 0.434. The van der Waals surface area contributed by atoms with Crippen LogP contribution in [0.25, 0.3) is 11.3 Å². The van der Waals surface area contributed by atoms with Gasteiger partial charge in [0.1, 0.15) is 0 Å². The first-order chi connectivity index (χ1) is 9.33. The highest BCUT2D eigenvalue weighted by molar-refractivity contribution is 7.08. The normalized spacial score (nSPS) is 12.3. The Morgan fingerprint density at radius 1 is 1.21 bits per heavy atom. The van der Waals surface area contributed by atoms with Crippen LogP contribution < -0.4 is 5.32 Å². The summed E-state index contributed by atoms with van der Waals surface area (Å²) in [5.41, 5.74) is 2.29. The topological polar surface area (TPSA) is 38.1 Å². The van der Waals surface area contributed by atoms with Crippen LogP contribution in [0.15, 0.2) is 57.7 Å². The minimum atomic E-state index is 0.196. The summed E-state index contributed by atoms with van der Waals surface area (Å²) in [7, 11) is 0. The van der Waals surface area contributed by atoms with Gasteiger partial charge in [0.25, 0.3) is 0 Å². The van der Waals surface area contributed by atoms with Crippen molar-refractivity contribution in [3.05, 3.63) is 58.8 Å². The lowest BCUT2D eigenvalue weighted by atomic mass is 10.1. The van der Waals surface area contributed by atoms with E-state index in [1.165, 1.54) is 5.56 Å². The van der Waals surface area contributed by atoms with Gasteiger partial charge in [-0.3, -0.25) is 0 Å². The third-order valence-electron chi connectivity index (χ3n) is 2.98. The molecule has 0 spiro atoms. The van der Waals surface area contributed by atoms with Gasteiger partial charge in [-0.05, 0) is 23.9 Å². The summed E-state index contributed by atoms with van der Waals surface area (Å²) in [5.74, 6) is 1.56. The minimum Gasteiger partial charge on any atom is -0.361 e. The standard InChI is InChI=1S/C15H14N2OS/c1-11(12-5-3-2-4-6-12)16-15-9-14(18-17-15)13-7-8-19-10-13/h2-11H,1H3,(H,16,17). The van der Waals surface area contributed by atoms with Crippen molar-refractivity contribution in [2.24, 2.45) is 0 Å². The van der Waals surface area contributed by atoms with Gasteiger partial charge in [-0.2, -0.15) is 11.3 Å². The van der Waals surface area contributed by atoms with Crippen molar-refractivity contribution >= 4 is 17.2 Å². The molecular formula is C15H14N2OS. The summed E-state index contributed by atoms with van der Waals surface area (Å²) >= 11 is 1.65. The third kappa shape index (κ3) is 2.69. The Kier molecular flexibility index (Phi) is 3.33. The average molecular weight is 270 g/mol. The third-order valence-corrected chi connectivity index (χ3v) is 3.66. The van der Waals surface area contributed by atoms with E-state index < -0.39 is 0 Å². The van der Waals surface area contributed by atoms with E-state index in [2.05, 4.69) is 29.5 Å². The molecule has 0 fully saturated rings. The van der Waals surface area contributed by atoms with Crippen LogP contribution in [0.2, 0.25) is 0 Å². The zero-order chi connectivity index (χ0) is 13.1. The van der Waals surface area contributed by atoms with E-state index in [-0.39, 0.29) is 6.04 Å². The van der Waals surface area contributed by atoms with Crippen LogP contribution in [0.5, 0.6) is 0 Å². The van der Waals surface area contributed by atoms with E-state index in [0.29, 0.717) is 0 Å². The quantitative estimate of drug-likeness (QED) is 0.754. The summed E-state index contributed by atoms with van der Waals surface area (Å²) < 4.78 is 5.34. The van der Waals surface area contributed by atoms with Gasteiger partial charge in [0.05, 0.1) is 6.04 Å². The molecule has 1 unspecified atom stereocenters. The van der Waals surface area contributed by atoms with Crippen LogP contribution in [-0.2, 0) is 0 Å². The molecule has 0 aliphatic heterocycles. The second kappa shape index (κ2) is 5.28. The maximum Gasteiger partial charge on any atom is 0.170 e. The summed E-state index contributed by atoms with van der Waals surface area (Å²) in [6, 6.07) is 14.4. The zero-order valence-electron chi connectivity index (χ0n) is 10.5. The fourth-order valence-corrected chi connectivity index (χ4v) is 2.58. The highest BCUT2D eigenvalue weighted by Gasteiger charge is 2.10. The van der Waals surface area contributed by atoms with E-state index in [0.717, 1.165) is 17.1 Å². The molecule has 19 heavy (non-hydrogen) atoms. The first kappa shape index (κ1) is 12.0. The largest absolute Gasteiger partial charge is 0.361 e. The van der Waals surface area contributed by atoms with Crippen molar-refractivity contribution in [3.63, 3.8) is 0 Å². The summed E-state index contributed by atoms with van der Waals surface area (Å²) in [6.45, 7) is 2.11. The first-order valence-corrected chi connectivity index (χ1v) is 7.08. The van der Waals surface area contributed by atoms with Gasteiger partial charge in [0.15, 0.2) is 11.6 Å². The Morgan fingerprint density at radius 3 is 2.79 bits per heavy atom. The first-order valence-electron chi connectivity index (χ1n) is 6.14. The van der Waals surface area contributed by atoms with Gasteiger partial charge >= 0.3 is 0 Å². The smallest absolute Gasteiger partial charge is 0.170 e. The SMILES string of the molecule is CC(Nc1cc(-c2ccsc2)on1)c1ccccc1. The van der Waals surface area contributed by atoms with Crippen LogP contribution in [-0.4, -0.2) is 5.16 Å². The van der Waals surface area contributed by atoms with Gasteiger partial charge < -0.3 is 9.84 Å². The van der Waals surface area contributed by atoms with E-state index in [4.69, 9.17) is 4.52 Å². The molecule has 4 heteroatoms. The summed E-state index contributed by atoms with van der Waals surface area (Å²) in [4.78, 5) is 0. The fraction of sp³-hybridized carbons (Fsp3) is 0.133. The molecule has 2 heterocycles. The maximum atomic E-state index is 5.34. The molecule has 0 aliphatic rings. The summed E-state index contributed by atoms with van der Waals surface area (Å²) in [6.07, 6.45) is 0. The second-order valence-electron chi connectivity index (χ2n) is 4.37. The van der Waals surface area contributed by atoms with Gasteiger partial charge in [0.2, 0.25) is 0 Å². The molecule has 0 bridgehead atoms. The molecule has 1 N–H and O–H groups in total. The average Bonchev–Trinajstić information content (AvgIpc) is 3.10. The number of hydrogen-bond acceptors (Lipinski definition) is 4. The highest BCUT2D eigenvalue weighted by atomic mass is 32.1. The number of nitrogens with one attached hydrogen (secondary N) is 1. The molecule has 0 amide bonds. The van der Waals surface area contributed by atoms with E-state index in [9.17, 15) is 0 Å². The number of nitrogens with zero attached hydrogens (tertiary/aromatic N) is 1. The lowest BCUT2D eigenvalue weighted by Crippen LogP contribution is -2.06. The Hall–Kier alpha value is -2.07. The molecular weight excluding hydrogens is 256 g/mol. The molecule has 0 saturated heterocycles. The number of thiophene rings is 1. The highest BCUT2D eigenvalue weighted by Crippen LogP contribution is 2.26. The van der Waals surface area contributed by atoms with Gasteiger partial charge in [-0.1, -0.05) is 35.5 Å². The van der Waals surface area contributed by atoms with Crippen LogP contribution in [0, 0.1) is 0 Å². The predicted molar refractivity (Wildman–Crippen MR) is 78.3 cm³/mol. The van der Waals surface area contributed by atoms with Crippen molar-refractivity contribution < 1.29 is 4.52 Å². The Morgan fingerprint density at radius 2 is 2.05 bits per heavy atom. The molecule has 3 aromatic rings. The molecule has 3 nitrogen and oxygen atoms in total. The maximum absolute atomic E-state index is 5.34. The molecule has 0 saturated carbocycles. The van der Waals surface area contributed by atoms with Crippen molar-refractivity contribution in [1.29, 1.82) is 0 Å². The van der Waals surface area contributed by atoms with E-state index >= 15 is 0 Å². The molecule has 3 rings (SSSR count). The molecule has 0 aliphatic carbocycles. The fourth-order valence-electron chi connectivity index (χ4n) is 1.93. The molecule has 96 valence electrons. The Labute approximate surface area is 115 Å². The summed E-state index contributed by atoms with van der Waals surface area (Å²) in [5, 5.41) is 11.5. The molecule has 1 aromatic carbocycles. The number of aromatic nitrogens is 1. The molecule has 0 radical (unpaired) electrons. The van der Waals surface area contributed by atoms with E-state index in [1.54, 1.807) is 11.3 Å². The molecule has 1 atom stereocenters. The number of hydrogen-bond donors (Lipinski definition) is 1. The van der Waals surface area contributed by atoms with Crippen molar-refractivity contribution in [3.8, 4) is 11.3 Å². The van der Waals surface area contributed by atoms with Crippen LogP contribution >= 0.6 is 11.3 Å². The van der Waals surface area contributed by atoms with Crippen LogP contribution in [0.3, 0.4) is 0 Å². The van der Waals surface area contributed by atoms with Gasteiger partial charge in [-0.25, -0.2) is 0 Å². The minimum absolute atomic E-state index is 0.196. The van der Waals surface area contributed by atoms with Crippen LogP contribution in [0.1, 0.15) is 18.5 Å². The van der Waals surface area contributed by atoms with Crippen molar-refractivity contribution in [1.82, 2.24) is 5.16 Å². The lowest BCUT2D eigenvalue weighted by Gasteiger charge is -2.12. The molecule has 2 aromatic heterocycles. The van der Waals surface area contributed by atoms with Crippen LogP contribution in [0.4, 0.5) is 5.82 Å². The van der Waals surface area contributed by atoms with Gasteiger partial charge in [0, 0.05) is 17.0 Å². The second-order valence-corrected chi connectivity index (χ2v) is 5.15. The monoisotopic (exact) mass is 270 g/mol. The van der Waals surface area contributed by atoms with Crippen molar-refractivity contribution in [2.75, 3.05) is 5.32 Å². The zero-order valence-corrected chi connectivity index (χ0v) is 11.4. The number of anilines is 1. The Bertz CT molecular complexity index is 631. The number of benzene rings is 1. The Balaban J connectivity index is 1.74. The number of rotatable bonds is 4. The van der Waals surface area contributed by atoms with Crippen molar-refractivity contribution in [2.45, 2.75) is 13.0 Å². The predicted octanol–water partition coefficient (Wildman–Crippen LogP) is 4.58. The van der Waals surface area contributed by atoms with Gasteiger partial charge in [-0.15, -0.1) is 0 Å². The van der Waals surface area contributed by atoms with E-state index in [1.807, 2.05) is 41.1 Å².